The fourth-order valence-electron chi connectivity index (χ4n) is 1.82. The molecule has 0 radical (unpaired) electrons. The van der Waals surface area contributed by atoms with Crippen molar-refractivity contribution < 1.29 is 8.42 Å². The first-order chi connectivity index (χ1) is 10.2. The Bertz CT molecular complexity index is 617. The van der Waals surface area contributed by atoms with Crippen LogP contribution in [0.2, 0.25) is 0 Å². The van der Waals surface area contributed by atoms with Crippen molar-refractivity contribution in [3.63, 3.8) is 0 Å². The summed E-state index contributed by atoms with van der Waals surface area (Å²) in [4.78, 5) is 4.11. The van der Waals surface area contributed by atoms with Crippen molar-refractivity contribution in [3.8, 4) is 0 Å². The molecule has 5 nitrogen and oxygen atoms in total. The molecule has 1 aromatic rings. The van der Waals surface area contributed by atoms with E-state index in [2.05, 4.69) is 34.7 Å². The van der Waals surface area contributed by atoms with Crippen LogP contribution >= 0.6 is 0 Å². The second-order valence-corrected chi connectivity index (χ2v) is 9.07. The summed E-state index contributed by atoms with van der Waals surface area (Å²) in [7, 11) is -1.45. The summed E-state index contributed by atoms with van der Waals surface area (Å²) >= 11 is 0. The zero-order valence-electron chi connectivity index (χ0n) is 14.1. The van der Waals surface area contributed by atoms with Gasteiger partial charge in [0.15, 0.2) is 15.8 Å². The average Bonchev–Trinajstić information content (AvgIpc) is 2.42. The number of aryl methyl sites for hydroxylation is 1. The number of sulfone groups is 1. The maximum Gasteiger partial charge on any atom is 0.191 e. The van der Waals surface area contributed by atoms with Crippen molar-refractivity contribution in [3.05, 3.63) is 35.4 Å². The predicted molar refractivity (Wildman–Crippen MR) is 92.9 cm³/mol. The third kappa shape index (κ3) is 5.33. The highest BCUT2D eigenvalue weighted by atomic mass is 32.2. The van der Waals surface area contributed by atoms with Crippen LogP contribution in [0.3, 0.4) is 0 Å². The van der Waals surface area contributed by atoms with Crippen LogP contribution in [-0.4, -0.2) is 38.5 Å². The quantitative estimate of drug-likeness (QED) is 0.640. The van der Waals surface area contributed by atoms with Gasteiger partial charge in [-0.3, -0.25) is 4.99 Å². The molecule has 0 aliphatic rings. The van der Waals surface area contributed by atoms with Gasteiger partial charge in [-0.2, -0.15) is 0 Å². The van der Waals surface area contributed by atoms with Crippen LogP contribution in [0.25, 0.3) is 0 Å². The molecule has 22 heavy (non-hydrogen) atoms. The minimum Gasteiger partial charge on any atom is -0.355 e. The molecule has 2 N–H and O–H groups in total. The highest BCUT2D eigenvalue weighted by Crippen LogP contribution is 2.15. The number of rotatable bonds is 5. The van der Waals surface area contributed by atoms with Crippen molar-refractivity contribution in [1.29, 1.82) is 0 Å². The van der Waals surface area contributed by atoms with Crippen LogP contribution in [0, 0.1) is 6.92 Å². The van der Waals surface area contributed by atoms with E-state index in [1.165, 1.54) is 11.1 Å². The zero-order valence-corrected chi connectivity index (χ0v) is 14.9. The molecule has 0 aliphatic heterocycles. The van der Waals surface area contributed by atoms with Gasteiger partial charge in [0.25, 0.3) is 0 Å². The standard InChI is InChI=1S/C16H27N3O2S/c1-13-8-6-7-9-14(13)12-19-15(17-5)18-10-11-22(20,21)16(2,3)4/h6-9H,10-12H2,1-5H3,(H2,17,18,19). The van der Waals surface area contributed by atoms with E-state index in [0.29, 0.717) is 19.0 Å². The van der Waals surface area contributed by atoms with Crippen molar-refractivity contribution in [1.82, 2.24) is 10.6 Å². The highest BCUT2D eigenvalue weighted by molar-refractivity contribution is 7.92. The maximum absolute atomic E-state index is 12.0. The van der Waals surface area contributed by atoms with Gasteiger partial charge in [-0.15, -0.1) is 0 Å². The number of benzene rings is 1. The van der Waals surface area contributed by atoms with Gasteiger partial charge in [0.2, 0.25) is 0 Å². The Morgan fingerprint density at radius 3 is 2.36 bits per heavy atom. The van der Waals surface area contributed by atoms with Crippen LogP contribution in [0.5, 0.6) is 0 Å². The lowest BCUT2D eigenvalue weighted by Crippen LogP contribution is -2.41. The smallest absolute Gasteiger partial charge is 0.191 e. The molecule has 0 aliphatic carbocycles. The summed E-state index contributed by atoms with van der Waals surface area (Å²) in [5.74, 6) is 0.689. The van der Waals surface area contributed by atoms with Crippen molar-refractivity contribution in [2.24, 2.45) is 4.99 Å². The van der Waals surface area contributed by atoms with Crippen molar-refractivity contribution in [2.45, 2.75) is 39.0 Å². The van der Waals surface area contributed by atoms with E-state index in [9.17, 15) is 8.42 Å². The van der Waals surface area contributed by atoms with Gasteiger partial charge in [-0.1, -0.05) is 24.3 Å². The van der Waals surface area contributed by atoms with E-state index in [0.717, 1.165) is 0 Å². The van der Waals surface area contributed by atoms with E-state index in [1.54, 1.807) is 27.8 Å². The van der Waals surface area contributed by atoms with Crippen LogP contribution in [0.15, 0.2) is 29.3 Å². The minimum atomic E-state index is -3.12. The van der Waals surface area contributed by atoms with Crippen molar-refractivity contribution in [2.75, 3.05) is 19.3 Å². The number of nitrogens with zero attached hydrogens (tertiary/aromatic N) is 1. The lowest BCUT2D eigenvalue weighted by molar-refractivity contribution is 0.559. The van der Waals surface area contributed by atoms with Gasteiger partial charge < -0.3 is 10.6 Å². The summed E-state index contributed by atoms with van der Waals surface area (Å²) in [5, 5.41) is 6.24. The van der Waals surface area contributed by atoms with Gasteiger partial charge in [0, 0.05) is 20.1 Å². The molecule has 1 rings (SSSR count). The molecule has 0 aromatic heterocycles. The molecule has 0 spiro atoms. The normalized spacial score (nSPS) is 13.0. The number of hydrogen-bond donors (Lipinski definition) is 2. The van der Waals surface area contributed by atoms with Crippen LogP contribution < -0.4 is 10.6 Å². The molecule has 6 heteroatoms. The third-order valence-corrected chi connectivity index (χ3v) is 6.14. The monoisotopic (exact) mass is 325 g/mol. The number of guanidine groups is 1. The highest BCUT2D eigenvalue weighted by Gasteiger charge is 2.28. The summed E-state index contributed by atoms with van der Waals surface area (Å²) < 4.78 is 23.4. The van der Waals surface area contributed by atoms with Gasteiger partial charge in [-0.25, -0.2) is 8.42 Å². The van der Waals surface area contributed by atoms with Gasteiger partial charge in [0.1, 0.15) is 0 Å². The Kier molecular flexibility index (Phi) is 6.41. The van der Waals surface area contributed by atoms with E-state index < -0.39 is 14.6 Å². The fourth-order valence-corrected chi connectivity index (χ4v) is 2.80. The topological polar surface area (TPSA) is 70.6 Å². The molecular formula is C16H27N3O2S. The third-order valence-electron chi connectivity index (χ3n) is 3.53. The van der Waals surface area contributed by atoms with Crippen LogP contribution in [-0.2, 0) is 16.4 Å². The van der Waals surface area contributed by atoms with Gasteiger partial charge in [-0.05, 0) is 38.8 Å². The van der Waals surface area contributed by atoms with E-state index in [1.807, 2.05) is 12.1 Å². The Balaban J connectivity index is 2.49. The van der Waals surface area contributed by atoms with Gasteiger partial charge in [0.05, 0.1) is 10.5 Å². The Labute approximate surface area is 134 Å². The Morgan fingerprint density at radius 1 is 1.18 bits per heavy atom. The molecule has 0 heterocycles. The lowest BCUT2D eigenvalue weighted by Gasteiger charge is -2.20. The average molecular weight is 325 g/mol. The first kappa shape index (κ1) is 18.5. The molecule has 1 aromatic carbocycles. The number of nitrogens with one attached hydrogen (secondary N) is 2. The predicted octanol–water partition coefficient (Wildman–Crippen LogP) is 1.87. The van der Waals surface area contributed by atoms with Crippen LogP contribution in [0.1, 0.15) is 31.9 Å². The van der Waals surface area contributed by atoms with Crippen LogP contribution in [0.4, 0.5) is 0 Å². The lowest BCUT2D eigenvalue weighted by atomic mass is 10.1. The van der Waals surface area contributed by atoms with E-state index in [-0.39, 0.29) is 5.75 Å². The summed E-state index contributed by atoms with van der Waals surface area (Å²) in [6.07, 6.45) is 0. The Morgan fingerprint density at radius 2 is 1.82 bits per heavy atom. The molecular weight excluding hydrogens is 298 g/mol. The van der Waals surface area contributed by atoms with E-state index in [4.69, 9.17) is 0 Å². The summed E-state index contributed by atoms with van der Waals surface area (Å²) in [6.45, 7) is 8.20. The molecule has 124 valence electrons. The first-order valence-electron chi connectivity index (χ1n) is 7.38. The summed E-state index contributed by atoms with van der Waals surface area (Å²) in [6, 6.07) is 8.11. The molecule has 0 saturated carbocycles. The maximum atomic E-state index is 12.0. The summed E-state index contributed by atoms with van der Waals surface area (Å²) in [5.41, 5.74) is 2.40. The van der Waals surface area contributed by atoms with Crippen molar-refractivity contribution >= 4 is 15.8 Å². The van der Waals surface area contributed by atoms with E-state index >= 15 is 0 Å². The fraction of sp³-hybridized carbons (Fsp3) is 0.562. The molecule has 0 fully saturated rings. The Hall–Kier alpha value is -1.56. The molecule has 0 amide bonds. The second-order valence-electron chi connectivity index (χ2n) is 6.21. The van der Waals surface area contributed by atoms with Gasteiger partial charge >= 0.3 is 0 Å². The zero-order chi connectivity index (χ0) is 16.8. The first-order valence-corrected chi connectivity index (χ1v) is 9.04. The largest absolute Gasteiger partial charge is 0.355 e. The minimum absolute atomic E-state index is 0.0849. The molecule has 0 bridgehead atoms. The molecule has 0 saturated heterocycles. The second kappa shape index (κ2) is 7.63. The molecule has 0 atom stereocenters. The SMILES string of the molecule is CN=C(NCCS(=O)(=O)C(C)(C)C)NCc1ccccc1C. The number of aliphatic imine (C=N–C) groups is 1. The number of hydrogen-bond acceptors (Lipinski definition) is 3. The molecule has 0 unspecified atom stereocenters.